The highest BCUT2D eigenvalue weighted by Gasteiger charge is 2.51. The van der Waals surface area contributed by atoms with Gasteiger partial charge in [0.2, 0.25) is 5.72 Å². The topological polar surface area (TPSA) is 28.1 Å². The van der Waals surface area contributed by atoms with E-state index < -0.39 is 0 Å². The standard InChI is InChI=1S/C23H27N3O/c1-16-8-9-17(2)19(14-16)20-15-21-18-6-4-5-7-22(18)27-23(26(21)24-20)10-12-25(3)13-11-23/h4-9,14,21H,10-13,15H2,1-3H3. The summed E-state index contributed by atoms with van der Waals surface area (Å²) in [6.07, 6.45) is 2.91. The monoisotopic (exact) mass is 361 g/mol. The zero-order chi connectivity index (χ0) is 18.6. The van der Waals surface area contributed by atoms with E-state index in [9.17, 15) is 0 Å². The first-order chi connectivity index (χ1) is 13.1. The van der Waals surface area contributed by atoms with Crippen molar-refractivity contribution in [2.24, 2.45) is 5.10 Å². The van der Waals surface area contributed by atoms with E-state index in [-0.39, 0.29) is 11.8 Å². The molecule has 0 aromatic heterocycles. The Balaban J connectivity index is 1.60. The zero-order valence-electron chi connectivity index (χ0n) is 16.4. The van der Waals surface area contributed by atoms with Crippen molar-refractivity contribution in [1.82, 2.24) is 9.91 Å². The van der Waals surface area contributed by atoms with Crippen LogP contribution in [0.25, 0.3) is 0 Å². The molecule has 0 saturated carbocycles. The fraction of sp³-hybridized carbons (Fsp3) is 0.435. The van der Waals surface area contributed by atoms with Crippen LogP contribution >= 0.6 is 0 Å². The summed E-state index contributed by atoms with van der Waals surface area (Å²) >= 11 is 0. The van der Waals surface area contributed by atoms with E-state index in [1.54, 1.807) is 0 Å². The molecule has 1 saturated heterocycles. The second kappa shape index (κ2) is 6.10. The molecule has 0 aliphatic carbocycles. The molecule has 1 fully saturated rings. The Bertz CT molecular complexity index is 912. The molecular formula is C23H27N3O. The van der Waals surface area contributed by atoms with Crippen LogP contribution in [0.1, 0.15) is 47.6 Å². The van der Waals surface area contributed by atoms with Crippen molar-refractivity contribution in [2.45, 2.75) is 44.9 Å². The SMILES string of the molecule is Cc1ccc(C)c(C2=NN3C(C2)c2ccccc2OC32CCN(C)CC2)c1. The molecule has 27 heavy (non-hydrogen) atoms. The molecule has 1 spiro atoms. The number of hydrazone groups is 1. The van der Waals surface area contributed by atoms with Crippen molar-refractivity contribution in [2.75, 3.05) is 20.1 Å². The number of rotatable bonds is 1. The van der Waals surface area contributed by atoms with E-state index in [0.29, 0.717) is 0 Å². The van der Waals surface area contributed by atoms with Gasteiger partial charge in [0.1, 0.15) is 5.75 Å². The first-order valence-electron chi connectivity index (χ1n) is 9.97. The van der Waals surface area contributed by atoms with Gasteiger partial charge in [0.05, 0.1) is 11.8 Å². The van der Waals surface area contributed by atoms with Gasteiger partial charge < -0.3 is 9.64 Å². The number of hydrogen-bond donors (Lipinski definition) is 0. The van der Waals surface area contributed by atoms with E-state index in [1.807, 2.05) is 0 Å². The highest BCUT2D eigenvalue weighted by molar-refractivity contribution is 6.03. The smallest absolute Gasteiger partial charge is 0.200 e. The van der Waals surface area contributed by atoms with E-state index in [0.717, 1.165) is 38.1 Å². The number of piperidine rings is 1. The van der Waals surface area contributed by atoms with Crippen molar-refractivity contribution in [3.05, 3.63) is 64.7 Å². The first-order valence-corrected chi connectivity index (χ1v) is 9.97. The van der Waals surface area contributed by atoms with Gasteiger partial charge in [-0.2, -0.15) is 5.10 Å². The average molecular weight is 361 g/mol. The lowest BCUT2D eigenvalue weighted by Gasteiger charge is -2.50. The van der Waals surface area contributed by atoms with Crippen LogP contribution in [0.4, 0.5) is 0 Å². The molecule has 5 rings (SSSR count). The first kappa shape index (κ1) is 16.8. The van der Waals surface area contributed by atoms with Gasteiger partial charge in [0.25, 0.3) is 0 Å². The maximum Gasteiger partial charge on any atom is 0.200 e. The van der Waals surface area contributed by atoms with Crippen LogP contribution in [0, 0.1) is 13.8 Å². The fourth-order valence-corrected chi connectivity index (χ4v) is 4.74. The molecule has 3 heterocycles. The predicted molar refractivity (Wildman–Crippen MR) is 108 cm³/mol. The van der Waals surface area contributed by atoms with Crippen molar-refractivity contribution in [1.29, 1.82) is 0 Å². The highest BCUT2D eigenvalue weighted by Crippen LogP contribution is 2.49. The quantitative estimate of drug-likeness (QED) is 0.759. The van der Waals surface area contributed by atoms with Gasteiger partial charge in [-0.25, -0.2) is 5.01 Å². The Kier molecular flexibility index (Phi) is 3.80. The molecule has 1 unspecified atom stereocenters. The van der Waals surface area contributed by atoms with Crippen LogP contribution in [0.3, 0.4) is 0 Å². The molecule has 0 radical (unpaired) electrons. The molecule has 0 N–H and O–H groups in total. The van der Waals surface area contributed by atoms with E-state index in [4.69, 9.17) is 9.84 Å². The number of benzene rings is 2. The number of nitrogens with zero attached hydrogens (tertiary/aromatic N) is 3. The van der Waals surface area contributed by atoms with Gasteiger partial charge in [-0.15, -0.1) is 0 Å². The maximum absolute atomic E-state index is 6.65. The van der Waals surface area contributed by atoms with Gasteiger partial charge in [-0.3, -0.25) is 0 Å². The largest absolute Gasteiger partial charge is 0.466 e. The summed E-state index contributed by atoms with van der Waals surface area (Å²) in [7, 11) is 2.19. The molecule has 140 valence electrons. The molecule has 0 bridgehead atoms. The summed E-state index contributed by atoms with van der Waals surface area (Å²) < 4.78 is 6.65. The maximum atomic E-state index is 6.65. The molecule has 2 aromatic carbocycles. The van der Waals surface area contributed by atoms with Crippen molar-refractivity contribution in [3.8, 4) is 5.75 Å². The summed E-state index contributed by atoms with van der Waals surface area (Å²) in [5.74, 6) is 1.04. The van der Waals surface area contributed by atoms with Crippen molar-refractivity contribution < 1.29 is 4.74 Å². The molecule has 4 heteroatoms. The summed E-state index contributed by atoms with van der Waals surface area (Å²) in [5, 5.41) is 7.49. The Labute approximate surface area is 161 Å². The molecule has 3 aliphatic rings. The van der Waals surface area contributed by atoms with Crippen LogP contribution in [0.15, 0.2) is 47.6 Å². The molecule has 2 aromatic rings. The van der Waals surface area contributed by atoms with Gasteiger partial charge >= 0.3 is 0 Å². The number of para-hydroxylation sites is 1. The van der Waals surface area contributed by atoms with Crippen molar-refractivity contribution in [3.63, 3.8) is 0 Å². The highest BCUT2D eigenvalue weighted by atomic mass is 16.5. The van der Waals surface area contributed by atoms with Gasteiger partial charge in [0, 0.05) is 43.5 Å². The van der Waals surface area contributed by atoms with Crippen LogP contribution in [0.5, 0.6) is 5.75 Å². The van der Waals surface area contributed by atoms with Crippen LogP contribution in [0.2, 0.25) is 0 Å². The van der Waals surface area contributed by atoms with Gasteiger partial charge in [0.15, 0.2) is 0 Å². The number of hydrogen-bond acceptors (Lipinski definition) is 4. The normalized spacial score (nSPS) is 23.6. The Morgan fingerprint density at radius 2 is 1.85 bits per heavy atom. The third-order valence-corrected chi connectivity index (χ3v) is 6.38. The Morgan fingerprint density at radius 1 is 1.07 bits per heavy atom. The third-order valence-electron chi connectivity index (χ3n) is 6.38. The second-order valence-corrected chi connectivity index (χ2v) is 8.32. The Morgan fingerprint density at radius 3 is 2.67 bits per heavy atom. The number of aryl methyl sites for hydroxylation is 2. The Hall–Kier alpha value is -2.33. The van der Waals surface area contributed by atoms with Crippen LogP contribution < -0.4 is 4.74 Å². The van der Waals surface area contributed by atoms with E-state index in [2.05, 4.69) is 73.3 Å². The zero-order valence-corrected chi connectivity index (χ0v) is 16.4. The lowest BCUT2D eigenvalue weighted by Crippen LogP contribution is -2.58. The van der Waals surface area contributed by atoms with Crippen molar-refractivity contribution >= 4 is 5.71 Å². The number of ether oxygens (including phenoxy) is 1. The predicted octanol–water partition coefficient (Wildman–Crippen LogP) is 4.27. The van der Waals surface area contributed by atoms with Gasteiger partial charge in [-0.1, -0.05) is 35.9 Å². The minimum absolute atomic E-state index is 0.272. The third kappa shape index (κ3) is 2.66. The fourth-order valence-electron chi connectivity index (χ4n) is 4.74. The molecule has 3 aliphatic heterocycles. The van der Waals surface area contributed by atoms with Crippen LogP contribution in [-0.2, 0) is 0 Å². The molecule has 1 atom stereocenters. The van der Waals surface area contributed by atoms with Crippen LogP contribution in [-0.4, -0.2) is 41.5 Å². The molecule has 0 amide bonds. The number of fused-ring (bicyclic) bond motifs is 4. The minimum atomic E-state index is -0.314. The summed E-state index contributed by atoms with van der Waals surface area (Å²) in [6.45, 7) is 6.42. The summed E-state index contributed by atoms with van der Waals surface area (Å²) in [4.78, 5) is 2.38. The number of likely N-dealkylation sites (tertiary alicyclic amines) is 1. The molecule has 4 nitrogen and oxygen atoms in total. The lowest BCUT2D eigenvalue weighted by molar-refractivity contribution is -0.147. The minimum Gasteiger partial charge on any atom is -0.466 e. The summed E-state index contributed by atoms with van der Waals surface area (Å²) in [6, 6.07) is 15.5. The lowest BCUT2D eigenvalue weighted by atomic mass is 9.90. The van der Waals surface area contributed by atoms with E-state index in [1.165, 1.54) is 28.0 Å². The van der Waals surface area contributed by atoms with Gasteiger partial charge in [-0.05, 0) is 38.6 Å². The van der Waals surface area contributed by atoms with E-state index >= 15 is 0 Å². The molecular weight excluding hydrogens is 334 g/mol. The average Bonchev–Trinajstić information content (AvgIpc) is 3.13. The second-order valence-electron chi connectivity index (χ2n) is 8.32. The summed E-state index contributed by atoms with van der Waals surface area (Å²) in [5.41, 5.74) is 6.01.